The number of carboxylic acid groups (broad SMARTS) is 1. The molecule has 0 saturated heterocycles. The van der Waals surface area contributed by atoms with Crippen molar-refractivity contribution in [2.75, 3.05) is 13.2 Å². The van der Waals surface area contributed by atoms with Crippen LogP contribution >= 0.6 is 0 Å². The molecule has 0 spiro atoms. The fourth-order valence-corrected chi connectivity index (χ4v) is 1.92. The molecule has 0 saturated carbocycles. The highest BCUT2D eigenvalue weighted by molar-refractivity contribution is 5.78. The van der Waals surface area contributed by atoms with Gasteiger partial charge in [0.2, 0.25) is 0 Å². The van der Waals surface area contributed by atoms with Crippen LogP contribution in [-0.4, -0.2) is 35.9 Å². The maximum absolute atomic E-state index is 11.5. The molecule has 0 radical (unpaired) electrons. The minimum atomic E-state index is -0.791. The Morgan fingerprint density at radius 2 is 1.95 bits per heavy atom. The van der Waals surface area contributed by atoms with E-state index in [0.717, 1.165) is 19.4 Å². The number of aliphatic carboxylic acids is 1. The van der Waals surface area contributed by atoms with Gasteiger partial charge in [-0.15, -0.1) is 0 Å². The summed E-state index contributed by atoms with van der Waals surface area (Å²) in [6.07, 6.45) is 3.15. The van der Waals surface area contributed by atoms with Gasteiger partial charge in [-0.25, -0.2) is 0 Å². The molecule has 114 valence electrons. The molecule has 0 aromatic carbocycles. The van der Waals surface area contributed by atoms with Crippen molar-refractivity contribution in [2.24, 2.45) is 5.92 Å². The number of ether oxygens (including phenoxy) is 1. The van der Waals surface area contributed by atoms with E-state index >= 15 is 0 Å². The van der Waals surface area contributed by atoms with E-state index in [1.807, 2.05) is 13.8 Å². The highest BCUT2D eigenvalue weighted by Crippen LogP contribution is 2.19. The fraction of sp³-hybridized carbons (Fsp3) is 0.933. The van der Waals surface area contributed by atoms with Gasteiger partial charge in [-0.2, -0.15) is 0 Å². The Labute approximate surface area is 117 Å². The van der Waals surface area contributed by atoms with Crippen molar-refractivity contribution >= 4 is 5.97 Å². The van der Waals surface area contributed by atoms with Crippen LogP contribution in [-0.2, 0) is 9.53 Å². The van der Waals surface area contributed by atoms with Gasteiger partial charge < -0.3 is 15.2 Å². The lowest BCUT2D eigenvalue weighted by Gasteiger charge is -2.30. The molecule has 19 heavy (non-hydrogen) atoms. The van der Waals surface area contributed by atoms with Gasteiger partial charge in [-0.05, 0) is 45.1 Å². The highest BCUT2D eigenvalue weighted by Gasteiger charge is 2.35. The zero-order valence-corrected chi connectivity index (χ0v) is 13.2. The average Bonchev–Trinajstić information content (AvgIpc) is 2.37. The van der Waals surface area contributed by atoms with E-state index in [9.17, 15) is 9.90 Å². The van der Waals surface area contributed by atoms with Crippen molar-refractivity contribution in [2.45, 2.75) is 71.9 Å². The van der Waals surface area contributed by atoms with E-state index < -0.39 is 11.5 Å². The number of nitrogens with one attached hydrogen (secondary N) is 1. The lowest BCUT2D eigenvalue weighted by Crippen LogP contribution is -2.52. The van der Waals surface area contributed by atoms with Crippen molar-refractivity contribution in [3.05, 3.63) is 0 Å². The SMILES string of the molecule is CCCNC(CC)(CCCOC(C)C(C)C)C(=O)O. The molecule has 4 heteroatoms. The summed E-state index contributed by atoms with van der Waals surface area (Å²) in [5.41, 5.74) is -0.791. The standard InChI is InChI=1S/C15H31NO3/c1-6-10-16-15(7-2,14(17)18)9-8-11-19-13(5)12(3)4/h12-13,16H,6-11H2,1-5H3,(H,17,18). The number of rotatable bonds is 11. The lowest BCUT2D eigenvalue weighted by atomic mass is 9.90. The quantitative estimate of drug-likeness (QED) is 0.568. The first-order valence-electron chi connectivity index (χ1n) is 7.49. The molecule has 0 bridgehead atoms. The zero-order valence-electron chi connectivity index (χ0n) is 13.2. The topological polar surface area (TPSA) is 58.6 Å². The summed E-state index contributed by atoms with van der Waals surface area (Å²) in [5.74, 6) is -0.256. The van der Waals surface area contributed by atoms with Crippen LogP contribution in [0.4, 0.5) is 0 Å². The van der Waals surface area contributed by atoms with Gasteiger partial charge in [0.05, 0.1) is 6.10 Å². The van der Waals surface area contributed by atoms with Gasteiger partial charge >= 0.3 is 5.97 Å². The third-order valence-corrected chi connectivity index (χ3v) is 3.79. The first-order chi connectivity index (χ1) is 8.89. The molecule has 0 fully saturated rings. The van der Waals surface area contributed by atoms with Gasteiger partial charge in [0.1, 0.15) is 5.54 Å². The summed E-state index contributed by atoms with van der Waals surface area (Å²) < 4.78 is 5.71. The Morgan fingerprint density at radius 1 is 1.32 bits per heavy atom. The number of carboxylic acids is 1. The maximum Gasteiger partial charge on any atom is 0.323 e. The van der Waals surface area contributed by atoms with Crippen molar-refractivity contribution in [1.29, 1.82) is 0 Å². The smallest absolute Gasteiger partial charge is 0.323 e. The predicted molar refractivity (Wildman–Crippen MR) is 78.4 cm³/mol. The highest BCUT2D eigenvalue weighted by atomic mass is 16.5. The summed E-state index contributed by atoms with van der Waals surface area (Å²) in [6, 6.07) is 0. The Kier molecular flexibility index (Phi) is 9.02. The van der Waals surface area contributed by atoms with Crippen LogP contribution in [0.15, 0.2) is 0 Å². The van der Waals surface area contributed by atoms with E-state index in [1.165, 1.54) is 0 Å². The second-order valence-corrected chi connectivity index (χ2v) is 5.59. The lowest BCUT2D eigenvalue weighted by molar-refractivity contribution is -0.145. The van der Waals surface area contributed by atoms with Crippen LogP contribution in [0, 0.1) is 5.92 Å². The average molecular weight is 273 g/mol. The summed E-state index contributed by atoms with van der Waals surface area (Å²) in [7, 11) is 0. The molecule has 2 atom stereocenters. The molecule has 0 aromatic heterocycles. The largest absolute Gasteiger partial charge is 0.480 e. The molecule has 0 rings (SSSR count). The van der Waals surface area contributed by atoms with Gasteiger partial charge in [0.25, 0.3) is 0 Å². The number of carbonyl (C=O) groups is 1. The monoisotopic (exact) mass is 273 g/mol. The van der Waals surface area contributed by atoms with Crippen LogP contribution in [0.1, 0.15) is 60.3 Å². The molecule has 0 amide bonds. The summed E-state index contributed by atoms with van der Waals surface area (Å²) in [6.45, 7) is 11.6. The van der Waals surface area contributed by atoms with Crippen molar-refractivity contribution < 1.29 is 14.6 Å². The third kappa shape index (κ3) is 6.39. The molecular formula is C15H31NO3. The molecule has 4 nitrogen and oxygen atoms in total. The van der Waals surface area contributed by atoms with Gasteiger partial charge in [0.15, 0.2) is 0 Å². The summed E-state index contributed by atoms with van der Waals surface area (Å²) in [5, 5.41) is 12.6. The number of hydrogen-bond acceptors (Lipinski definition) is 3. The van der Waals surface area contributed by atoms with Crippen molar-refractivity contribution in [3.63, 3.8) is 0 Å². The fourth-order valence-electron chi connectivity index (χ4n) is 1.92. The van der Waals surface area contributed by atoms with Crippen LogP contribution < -0.4 is 5.32 Å². The second kappa shape index (κ2) is 9.32. The Morgan fingerprint density at radius 3 is 2.37 bits per heavy atom. The first kappa shape index (κ1) is 18.4. The normalized spacial score (nSPS) is 16.3. The van der Waals surface area contributed by atoms with Crippen LogP contribution in [0.25, 0.3) is 0 Å². The van der Waals surface area contributed by atoms with Gasteiger partial charge in [-0.1, -0.05) is 27.7 Å². The summed E-state index contributed by atoms with van der Waals surface area (Å²) >= 11 is 0. The summed E-state index contributed by atoms with van der Waals surface area (Å²) in [4.78, 5) is 11.5. The van der Waals surface area contributed by atoms with Crippen LogP contribution in [0.3, 0.4) is 0 Å². The molecule has 0 aromatic rings. The van der Waals surface area contributed by atoms with Gasteiger partial charge in [-0.3, -0.25) is 4.79 Å². The molecule has 0 heterocycles. The minimum absolute atomic E-state index is 0.226. The Hall–Kier alpha value is -0.610. The first-order valence-corrected chi connectivity index (χ1v) is 7.49. The van der Waals surface area contributed by atoms with E-state index in [-0.39, 0.29) is 6.10 Å². The van der Waals surface area contributed by atoms with Crippen LogP contribution in [0.5, 0.6) is 0 Å². The predicted octanol–water partition coefficient (Wildman–Crippen LogP) is 3.06. The molecular weight excluding hydrogens is 242 g/mol. The van der Waals surface area contributed by atoms with E-state index in [1.54, 1.807) is 0 Å². The molecule has 0 aliphatic carbocycles. The van der Waals surface area contributed by atoms with Crippen LogP contribution in [0.2, 0.25) is 0 Å². The molecule has 2 unspecified atom stereocenters. The third-order valence-electron chi connectivity index (χ3n) is 3.79. The Balaban J connectivity index is 4.23. The van der Waals surface area contributed by atoms with E-state index in [4.69, 9.17) is 4.74 Å². The molecule has 2 N–H and O–H groups in total. The maximum atomic E-state index is 11.5. The minimum Gasteiger partial charge on any atom is -0.480 e. The van der Waals surface area contributed by atoms with Crippen molar-refractivity contribution in [1.82, 2.24) is 5.32 Å². The number of hydrogen-bond donors (Lipinski definition) is 2. The van der Waals surface area contributed by atoms with E-state index in [2.05, 4.69) is 26.1 Å². The molecule has 0 aliphatic heterocycles. The van der Waals surface area contributed by atoms with Gasteiger partial charge in [0, 0.05) is 6.61 Å². The second-order valence-electron chi connectivity index (χ2n) is 5.59. The Bertz CT molecular complexity index is 256. The molecule has 0 aliphatic rings. The van der Waals surface area contributed by atoms with E-state index in [0.29, 0.717) is 25.4 Å². The van der Waals surface area contributed by atoms with Crippen molar-refractivity contribution in [3.8, 4) is 0 Å². The zero-order chi connectivity index (χ0) is 14.9.